The van der Waals surface area contributed by atoms with Gasteiger partial charge in [-0.1, -0.05) is 154 Å². The molecular formula is C36H58BaO12S4. The Kier molecular flexibility index (Phi) is 28.8. The van der Waals surface area contributed by atoms with E-state index in [4.69, 9.17) is 8.37 Å². The summed E-state index contributed by atoms with van der Waals surface area (Å²) in [5.74, 6) is 0. The van der Waals surface area contributed by atoms with Gasteiger partial charge in [-0.15, -0.1) is 0 Å². The largest absolute Gasteiger partial charge is 2.00 e. The van der Waals surface area contributed by atoms with Crippen LogP contribution in [0.1, 0.15) is 142 Å². The van der Waals surface area contributed by atoms with Crippen molar-refractivity contribution in [1.82, 2.24) is 0 Å². The predicted molar refractivity (Wildman–Crippen MR) is 205 cm³/mol. The van der Waals surface area contributed by atoms with Gasteiger partial charge in [0.2, 0.25) is 0 Å². The normalized spacial score (nSPS) is 12.2. The fourth-order valence-electron chi connectivity index (χ4n) is 5.37. The third kappa shape index (κ3) is 23.5. The Morgan fingerprint density at radius 2 is 0.623 bits per heavy atom. The molecule has 0 heterocycles. The van der Waals surface area contributed by atoms with Gasteiger partial charge < -0.3 is 9.11 Å². The average Bonchev–Trinajstić information content (AvgIpc) is 3.09. The van der Waals surface area contributed by atoms with Crippen LogP contribution in [0.5, 0.6) is 0 Å². The van der Waals surface area contributed by atoms with Crippen molar-refractivity contribution in [1.29, 1.82) is 0 Å². The first-order valence-corrected chi connectivity index (χ1v) is 24.1. The van der Waals surface area contributed by atoms with E-state index < -0.39 is 60.1 Å². The Morgan fingerprint density at radius 1 is 0.396 bits per heavy atom. The Balaban J connectivity index is 0.00000100. The second-order valence-electron chi connectivity index (χ2n) is 12.7. The summed E-state index contributed by atoms with van der Waals surface area (Å²) in [5, 5.41) is 0. The molecule has 53 heavy (non-hydrogen) atoms. The quantitative estimate of drug-likeness (QED) is 0.0344. The van der Waals surface area contributed by atoms with Crippen molar-refractivity contribution in [3.05, 3.63) is 48.5 Å². The summed E-state index contributed by atoms with van der Waals surface area (Å²) in [6.07, 6.45) is 22.2. The van der Waals surface area contributed by atoms with Gasteiger partial charge in [0.05, 0.1) is 23.0 Å². The topological polar surface area (TPSA) is 201 Å². The average molecular weight is 948 g/mol. The summed E-state index contributed by atoms with van der Waals surface area (Å²) in [7, 11) is -18.3. The summed E-state index contributed by atoms with van der Waals surface area (Å²) in [4.78, 5) is -2.74. The zero-order valence-corrected chi connectivity index (χ0v) is 39.1. The molecule has 0 aromatic heterocycles. The van der Waals surface area contributed by atoms with Gasteiger partial charge in [0.15, 0.2) is 0 Å². The fraction of sp³-hybridized carbons (Fsp3) is 0.667. The van der Waals surface area contributed by atoms with Crippen LogP contribution in [0.4, 0.5) is 0 Å². The molecule has 0 atom stereocenters. The van der Waals surface area contributed by atoms with Gasteiger partial charge in [-0.05, 0) is 37.1 Å². The number of benzene rings is 2. The van der Waals surface area contributed by atoms with E-state index in [9.17, 15) is 42.8 Å². The molecule has 2 rings (SSSR count). The Bertz CT molecular complexity index is 1590. The van der Waals surface area contributed by atoms with E-state index in [0.717, 1.165) is 62.8 Å². The molecule has 0 fully saturated rings. The second-order valence-corrected chi connectivity index (χ2v) is 18.6. The van der Waals surface area contributed by atoms with E-state index in [1.54, 1.807) is 0 Å². The van der Waals surface area contributed by atoms with E-state index in [2.05, 4.69) is 13.8 Å². The Morgan fingerprint density at radius 3 is 0.868 bits per heavy atom. The summed E-state index contributed by atoms with van der Waals surface area (Å²) >= 11 is 0. The molecule has 0 aliphatic carbocycles. The van der Waals surface area contributed by atoms with Crippen LogP contribution < -0.4 is 0 Å². The summed E-state index contributed by atoms with van der Waals surface area (Å²) in [6.45, 7) is 4.35. The number of rotatable bonds is 28. The third-order valence-corrected chi connectivity index (χ3v) is 13.0. The zero-order chi connectivity index (χ0) is 38.9. The standard InChI is InChI=1S/2C18H30O6S2.Ba/c2*1-2-3-4-5-6-7-8-9-10-13-16-24-26(22,23)18-15-12-11-14-17(18)25(19,20)21;/h2*11-12,14-15H,2-10,13,16H2,1H3,(H,19,20,21);/q;;+2/p-2. The molecule has 0 aliphatic rings. The van der Waals surface area contributed by atoms with Crippen LogP contribution in [0.25, 0.3) is 0 Å². The molecule has 0 amide bonds. The van der Waals surface area contributed by atoms with Gasteiger partial charge in [0.1, 0.15) is 30.0 Å². The van der Waals surface area contributed by atoms with E-state index in [-0.39, 0.29) is 62.1 Å². The maximum Gasteiger partial charge on any atom is 2.00 e. The first kappa shape index (κ1) is 52.7. The van der Waals surface area contributed by atoms with E-state index in [0.29, 0.717) is 12.8 Å². The SMILES string of the molecule is CCCCCCCCCCCCOS(=O)(=O)c1ccccc1S(=O)(=O)[O-].CCCCCCCCCCCCOS(=O)(=O)c1ccccc1S(=O)(=O)[O-].[Ba+2]. The smallest absolute Gasteiger partial charge is 0.744 e. The minimum absolute atomic E-state index is 0. The molecule has 0 bridgehead atoms. The molecular weight excluding hydrogens is 890 g/mol. The maximum atomic E-state index is 12.1. The number of hydrogen-bond acceptors (Lipinski definition) is 12. The van der Waals surface area contributed by atoms with E-state index in [1.165, 1.54) is 101 Å². The molecule has 0 unspecified atom stereocenters. The van der Waals surface area contributed by atoms with Crippen molar-refractivity contribution in [2.24, 2.45) is 0 Å². The number of unbranched alkanes of at least 4 members (excludes halogenated alkanes) is 18. The van der Waals surface area contributed by atoms with E-state index >= 15 is 0 Å². The van der Waals surface area contributed by atoms with Gasteiger partial charge in [-0.2, -0.15) is 16.8 Å². The molecule has 0 aliphatic heterocycles. The maximum absolute atomic E-state index is 12.1. The van der Waals surface area contributed by atoms with Crippen LogP contribution in [-0.4, -0.2) is 105 Å². The fourth-order valence-corrected chi connectivity index (χ4v) is 9.76. The van der Waals surface area contributed by atoms with Crippen LogP contribution in [0.3, 0.4) is 0 Å². The van der Waals surface area contributed by atoms with Crippen molar-refractivity contribution in [2.45, 2.75) is 162 Å². The minimum Gasteiger partial charge on any atom is -0.744 e. The van der Waals surface area contributed by atoms with Gasteiger partial charge in [-0.3, -0.25) is 8.37 Å². The van der Waals surface area contributed by atoms with Crippen molar-refractivity contribution >= 4 is 89.4 Å². The molecule has 0 saturated heterocycles. The third-order valence-electron chi connectivity index (χ3n) is 8.25. The van der Waals surface area contributed by atoms with Gasteiger partial charge >= 0.3 is 48.9 Å². The van der Waals surface area contributed by atoms with Gasteiger partial charge in [-0.25, -0.2) is 16.8 Å². The molecule has 0 N–H and O–H groups in total. The van der Waals surface area contributed by atoms with Crippen molar-refractivity contribution in [3.63, 3.8) is 0 Å². The second kappa shape index (κ2) is 29.0. The van der Waals surface area contributed by atoms with Crippen LogP contribution in [0.15, 0.2) is 68.1 Å². The van der Waals surface area contributed by atoms with Crippen molar-refractivity contribution in [3.8, 4) is 0 Å². The monoisotopic (exact) mass is 948 g/mol. The summed E-state index contributed by atoms with van der Waals surface area (Å²) in [6, 6.07) is 9.38. The molecule has 17 heteroatoms. The van der Waals surface area contributed by atoms with Crippen molar-refractivity contribution in [2.75, 3.05) is 13.2 Å². The van der Waals surface area contributed by atoms with Gasteiger partial charge in [0, 0.05) is 0 Å². The molecule has 2 aromatic rings. The first-order valence-electron chi connectivity index (χ1n) is 18.5. The van der Waals surface area contributed by atoms with Gasteiger partial charge in [0.25, 0.3) is 20.2 Å². The molecule has 0 spiro atoms. The molecule has 2 aromatic carbocycles. The minimum atomic E-state index is -4.88. The summed E-state index contributed by atoms with van der Waals surface area (Å²) in [5.41, 5.74) is 0. The molecule has 12 nitrogen and oxygen atoms in total. The van der Waals surface area contributed by atoms with E-state index in [1.807, 2.05) is 0 Å². The molecule has 300 valence electrons. The van der Waals surface area contributed by atoms with Crippen LogP contribution in [0.2, 0.25) is 0 Å². The van der Waals surface area contributed by atoms with Crippen molar-refractivity contribution < 1.29 is 51.1 Å². The van der Waals surface area contributed by atoms with Crippen LogP contribution in [-0.2, 0) is 48.8 Å². The summed E-state index contributed by atoms with van der Waals surface area (Å²) < 4.78 is 125. The Hall–Kier alpha value is -0.349. The first-order chi connectivity index (χ1) is 24.6. The zero-order valence-electron chi connectivity index (χ0n) is 31.4. The van der Waals surface area contributed by atoms with Crippen LogP contribution in [0, 0.1) is 0 Å². The molecule has 0 saturated carbocycles. The molecule has 0 radical (unpaired) electrons. The Labute approximate surface area is 360 Å². The van der Waals surface area contributed by atoms with Crippen LogP contribution >= 0.6 is 0 Å². The number of hydrogen-bond donors (Lipinski definition) is 0. The predicted octanol–water partition coefficient (Wildman–Crippen LogP) is 8.05.